The van der Waals surface area contributed by atoms with Crippen LogP contribution in [-0.4, -0.2) is 46.2 Å². The van der Waals surface area contributed by atoms with Gasteiger partial charge in [-0.15, -0.1) is 0 Å². The summed E-state index contributed by atoms with van der Waals surface area (Å²) in [6.07, 6.45) is 13.5. The minimum Gasteiger partial charge on any atom is -0.458 e. The van der Waals surface area contributed by atoms with E-state index in [-0.39, 0.29) is 30.0 Å². The molecule has 1 heterocycles. The minimum atomic E-state index is -0.556. The number of esters is 1. The lowest BCUT2D eigenvalue weighted by molar-refractivity contribution is -0.151. The standard InChI is InChI=1S/C27H38O5/c1-16-19(13-21(29)14-24(16)30)7-6-18-5-4-12-27(3)22(9-10-23(18)27)17(2)25-11-8-20(15-28)26(31)32-25/h5-8,17,21-25,28-30H,4,9-15H2,1-3H3/b7-6-/t17-,21+,22+,23-,24-,25+,27+/m0/s1. The van der Waals surface area contributed by atoms with E-state index in [0.717, 1.165) is 36.8 Å². The Morgan fingerprint density at radius 3 is 2.75 bits per heavy atom. The SMILES string of the molecule is CC1=C(/C=C\C2=CCC[C@]3(C)[C@@H]([C@H](C)[C@H]4CC=C(CO)C(=O)O4)CC[C@@H]23)C[C@@H](O)C[C@@H]1O. The molecule has 0 aromatic heterocycles. The van der Waals surface area contributed by atoms with E-state index in [9.17, 15) is 20.1 Å². The zero-order valence-electron chi connectivity index (χ0n) is 19.6. The van der Waals surface area contributed by atoms with E-state index in [1.165, 1.54) is 5.57 Å². The quantitative estimate of drug-likeness (QED) is 0.560. The summed E-state index contributed by atoms with van der Waals surface area (Å²) >= 11 is 0. The third kappa shape index (κ3) is 4.27. The Hall–Kier alpha value is -1.69. The molecule has 0 bridgehead atoms. The van der Waals surface area contributed by atoms with Crippen molar-refractivity contribution in [2.24, 2.45) is 23.2 Å². The van der Waals surface area contributed by atoms with Crippen LogP contribution in [0.25, 0.3) is 0 Å². The van der Waals surface area contributed by atoms with Gasteiger partial charge in [0, 0.05) is 12.8 Å². The Labute approximate surface area is 191 Å². The maximum absolute atomic E-state index is 12.2. The molecular formula is C27H38O5. The predicted molar refractivity (Wildman–Crippen MR) is 124 cm³/mol. The Bertz CT molecular complexity index is 865. The van der Waals surface area contributed by atoms with Gasteiger partial charge in [0.1, 0.15) is 6.10 Å². The van der Waals surface area contributed by atoms with Crippen molar-refractivity contribution >= 4 is 5.97 Å². The summed E-state index contributed by atoms with van der Waals surface area (Å²) in [5, 5.41) is 29.6. The summed E-state index contributed by atoms with van der Waals surface area (Å²) < 4.78 is 5.73. The zero-order valence-corrected chi connectivity index (χ0v) is 19.6. The molecule has 1 aliphatic heterocycles. The van der Waals surface area contributed by atoms with Crippen LogP contribution >= 0.6 is 0 Å². The number of cyclic esters (lactones) is 1. The third-order valence-electron chi connectivity index (χ3n) is 8.82. The number of rotatable bonds is 5. The number of aliphatic hydroxyl groups excluding tert-OH is 3. The summed E-state index contributed by atoms with van der Waals surface area (Å²) in [4.78, 5) is 12.2. The summed E-state index contributed by atoms with van der Waals surface area (Å²) in [7, 11) is 0. The highest BCUT2D eigenvalue weighted by molar-refractivity contribution is 5.89. The average molecular weight is 443 g/mol. The molecule has 5 nitrogen and oxygen atoms in total. The Morgan fingerprint density at radius 2 is 2.03 bits per heavy atom. The molecule has 0 unspecified atom stereocenters. The minimum absolute atomic E-state index is 0.124. The number of allylic oxidation sites excluding steroid dienone is 4. The van der Waals surface area contributed by atoms with E-state index in [1.807, 2.05) is 13.0 Å². The fourth-order valence-electron chi connectivity index (χ4n) is 6.77. The van der Waals surface area contributed by atoms with Gasteiger partial charge < -0.3 is 20.1 Å². The molecule has 3 aliphatic carbocycles. The second kappa shape index (κ2) is 9.28. The number of hydrogen-bond acceptors (Lipinski definition) is 5. The molecule has 3 N–H and O–H groups in total. The van der Waals surface area contributed by atoms with Crippen molar-refractivity contribution in [2.45, 2.75) is 84.0 Å². The van der Waals surface area contributed by atoms with Gasteiger partial charge >= 0.3 is 5.97 Å². The van der Waals surface area contributed by atoms with Crippen molar-refractivity contribution < 1.29 is 24.9 Å². The summed E-state index contributed by atoms with van der Waals surface area (Å²) in [5.41, 5.74) is 3.92. The highest BCUT2D eigenvalue weighted by Crippen LogP contribution is 2.59. The molecule has 0 aromatic carbocycles. The maximum atomic E-state index is 12.2. The van der Waals surface area contributed by atoms with Crippen LogP contribution in [-0.2, 0) is 9.53 Å². The van der Waals surface area contributed by atoms with Crippen molar-refractivity contribution in [2.75, 3.05) is 6.61 Å². The molecule has 176 valence electrons. The number of carbonyl (C=O) groups excluding carboxylic acids is 1. The number of hydrogen-bond donors (Lipinski definition) is 3. The monoisotopic (exact) mass is 442 g/mol. The normalized spacial score (nSPS) is 38.9. The zero-order chi connectivity index (χ0) is 23.0. The first-order valence-electron chi connectivity index (χ1n) is 12.2. The Kier molecular flexibility index (Phi) is 6.81. The van der Waals surface area contributed by atoms with E-state index < -0.39 is 12.2 Å². The van der Waals surface area contributed by atoms with Crippen LogP contribution in [0.5, 0.6) is 0 Å². The Morgan fingerprint density at radius 1 is 1.25 bits per heavy atom. The molecule has 32 heavy (non-hydrogen) atoms. The molecular weight excluding hydrogens is 404 g/mol. The number of fused-ring (bicyclic) bond motifs is 1. The van der Waals surface area contributed by atoms with Crippen molar-refractivity contribution in [1.82, 2.24) is 0 Å². The van der Waals surface area contributed by atoms with Gasteiger partial charge in [0.2, 0.25) is 0 Å². The van der Waals surface area contributed by atoms with Crippen LogP contribution in [0, 0.1) is 23.2 Å². The fraction of sp³-hybridized carbons (Fsp3) is 0.667. The second-order valence-electron chi connectivity index (χ2n) is 10.6. The van der Waals surface area contributed by atoms with Crippen molar-refractivity contribution in [3.63, 3.8) is 0 Å². The van der Waals surface area contributed by atoms with Gasteiger partial charge in [0.25, 0.3) is 0 Å². The van der Waals surface area contributed by atoms with E-state index in [0.29, 0.717) is 36.7 Å². The summed E-state index contributed by atoms with van der Waals surface area (Å²) in [5.74, 6) is 0.846. The van der Waals surface area contributed by atoms with Crippen LogP contribution in [0.1, 0.15) is 65.7 Å². The molecule has 1 fully saturated rings. The molecule has 1 saturated carbocycles. The predicted octanol–water partition coefficient (Wildman–Crippen LogP) is 4.00. The lowest BCUT2D eigenvalue weighted by Crippen LogP contribution is -2.41. The summed E-state index contributed by atoms with van der Waals surface area (Å²) in [6, 6.07) is 0. The van der Waals surface area contributed by atoms with Gasteiger partial charge in [0.15, 0.2) is 0 Å². The lowest BCUT2D eigenvalue weighted by Gasteiger charge is -2.44. The molecule has 0 saturated heterocycles. The first-order chi connectivity index (χ1) is 15.2. The van der Waals surface area contributed by atoms with E-state index in [1.54, 1.807) is 0 Å². The topological polar surface area (TPSA) is 87.0 Å². The van der Waals surface area contributed by atoms with Crippen LogP contribution in [0.15, 0.2) is 46.6 Å². The van der Waals surface area contributed by atoms with Gasteiger partial charge in [-0.1, -0.05) is 38.2 Å². The highest BCUT2D eigenvalue weighted by Gasteiger charge is 2.51. The lowest BCUT2D eigenvalue weighted by atomic mass is 9.61. The second-order valence-corrected chi connectivity index (χ2v) is 10.6. The molecule has 0 amide bonds. The third-order valence-corrected chi connectivity index (χ3v) is 8.82. The average Bonchev–Trinajstić information content (AvgIpc) is 3.12. The van der Waals surface area contributed by atoms with Crippen molar-refractivity contribution in [3.8, 4) is 0 Å². The largest absolute Gasteiger partial charge is 0.458 e. The first kappa shape index (κ1) is 23.5. The van der Waals surface area contributed by atoms with Gasteiger partial charge in [-0.05, 0) is 78.9 Å². The van der Waals surface area contributed by atoms with Gasteiger partial charge in [0.05, 0.1) is 24.4 Å². The number of aliphatic hydroxyl groups is 3. The van der Waals surface area contributed by atoms with Gasteiger partial charge in [-0.25, -0.2) is 4.79 Å². The van der Waals surface area contributed by atoms with Gasteiger partial charge in [-0.2, -0.15) is 0 Å². The maximum Gasteiger partial charge on any atom is 0.336 e. The Balaban J connectivity index is 1.50. The molecule has 5 heteroatoms. The molecule has 0 radical (unpaired) electrons. The van der Waals surface area contributed by atoms with E-state index >= 15 is 0 Å². The number of ether oxygens (including phenoxy) is 1. The van der Waals surface area contributed by atoms with E-state index in [2.05, 4.69) is 32.1 Å². The highest BCUT2D eigenvalue weighted by atomic mass is 16.5. The van der Waals surface area contributed by atoms with Crippen LogP contribution in [0.2, 0.25) is 0 Å². The first-order valence-corrected chi connectivity index (χ1v) is 12.2. The van der Waals surface area contributed by atoms with Gasteiger partial charge in [-0.3, -0.25) is 0 Å². The fourth-order valence-corrected chi connectivity index (χ4v) is 6.77. The summed E-state index contributed by atoms with van der Waals surface area (Å²) in [6.45, 7) is 6.34. The van der Waals surface area contributed by atoms with Crippen LogP contribution in [0.3, 0.4) is 0 Å². The smallest absolute Gasteiger partial charge is 0.336 e. The van der Waals surface area contributed by atoms with Crippen LogP contribution in [0.4, 0.5) is 0 Å². The molecule has 7 atom stereocenters. The molecule has 0 aromatic rings. The molecule has 4 aliphatic rings. The number of carbonyl (C=O) groups is 1. The van der Waals surface area contributed by atoms with E-state index in [4.69, 9.17) is 4.74 Å². The molecule has 4 rings (SSSR count). The van der Waals surface area contributed by atoms with Crippen LogP contribution < -0.4 is 0 Å². The van der Waals surface area contributed by atoms with Crippen molar-refractivity contribution in [1.29, 1.82) is 0 Å². The van der Waals surface area contributed by atoms with Crippen molar-refractivity contribution in [3.05, 3.63) is 46.6 Å². The molecule has 0 spiro atoms.